The van der Waals surface area contributed by atoms with Crippen LogP contribution in [0.2, 0.25) is 0 Å². The van der Waals surface area contributed by atoms with E-state index in [0.717, 1.165) is 17.0 Å². The van der Waals surface area contributed by atoms with Crippen LogP contribution in [0.5, 0.6) is 0 Å². The number of anilines is 3. The average molecular weight is 916 g/mol. The molecule has 346 valence electrons. The number of aromatic nitrogens is 2. The molecule has 66 heavy (non-hydrogen) atoms. The van der Waals surface area contributed by atoms with E-state index in [1.54, 1.807) is 17.0 Å². The molecular formula is C46H46F5N9O6. The number of nitrogens with zero attached hydrogens (tertiary/aromatic N) is 7. The molecule has 5 heterocycles. The number of alkyl halides is 3. The second-order valence-corrected chi connectivity index (χ2v) is 17.0. The molecule has 4 aliphatic rings. The van der Waals surface area contributed by atoms with E-state index in [4.69, 9.17) is 0 Å². The van der Waals surface area contributed by atoms with Crippen molar-refractivity contribution in [3.8, 4) is 11.1 Å². The summed E-state index contributed by atoms with van der Waals surface area (Å²) in [6, 6.07) is 8.16. The van der Waals surface area contributed by atoms with Gasteiger partial charge in [-0.3, -0.25) is 43.9 Å². The lowest BCUT2D eigenvalue weighted by atomic mass is 9.98. The van der Waals surface area contributed by atoms with Gasteiger partial charge >= 0.3 is 6.18 Å². The molecule has 0 spiro atoms. The molecule has 3 saturated heterocycles. The molecule has 0 saturated carbocycles. The Morgan fingerprint density at radius 2 is 1.56 bits per heavy atom. The van der Waals surface area contributed by atoms with E-state index < -0.39 is 64.5 Å². The summed E-state index contributed by atoms with van der Waals surface area (Å²) in [6.45, 7) is 6.29. The zero-order chi connectivity index (χ0) is 47.2. The molecule has 3 fully saturated rings. The largest absolute Gasteiger partial charge is 0.417 e. The maximum Gasteiger partial charge on any atom is 0.417 e. The Morgan fingerprint density at radius 3 is 2.23 bits per heavy atom. The molecule has 0 aliphatic carbocycles. The first-order valence-electron chi connectivity index (χ1n) is 21.6. The number of rotatable bonds is 10. The molecular weight excluding hydrogens is 870 g/mol. The minimum atomic E-state index is -5.03. The second-order valence-electron chi connectivity index (χ2n) is 17.0. The van der Waals surface area contributed by atoms with Gasteiger partial charge in [0.25, 0.3) is 17.7 Å². The van der Waals surface area contributed by atoms with Gasteiger partial charge in [0.1, 0.15) is 17.7 Å². The number of nitrogens with one attached hydrogen (secondary N) is 2. The Kier molecular flexibility index (Phi) is 12.6. The summed E-state index contributed by atoms with van der Waals surface area (Å²) in [5, 5.41) is 4.73. The van der Waals surface area contributed by atoms with Crippen LogP contribution in [-0.4, -0.2) is 125 Å². The fourth-order valence-corrected chi connectivity index (χ4v) is 9.05. The maximum atomic E-state index is 16.1. The van der Waals surface area contributed by atoms with Gasteiger partial charge in [-0.1, -0.05) is 12.1 Å². The first-order chi connectivity index (χ1) is 31.4. The van der Waals surface area contributed by atoms with Crippen LogP contribution in [0.25, 0.3) is 11.1 Å². The highest BCUT2D eigenvalue weighted by Gasteiger charge is 2.45. The minimum absolute atomic E-state index is 0.00954. The Morgan fingerprint density at radius 1 is 0.864 bits per heavy atom. The second kappa shape index (κ2) is 18.2. The third kappa shape index (κ3) is 9.05. The SMILES string of the molecule is C[C@@H]1CN(c2cc(F)c(-c3cnc(N4CCN(C(=O)CCCc5cccc6c5C(=O)N(C5CCC(=O)NC5=O)C6=O)CC4)nc3)cc2NC(=O)c2ccc(F)cc2C(F)(F)F)C[C@H](C)N1C. The maximum absolute atomic E-state index is 16.1. The monoisotopic (exact) mass is 915 g/mol. The van der Waals surface area contributed by atoms with Gasteiger partial charge in [-0.2, -0.15) is 13.2 Å². The Labute approximate surface area is 375 Å². The smallest absolute Gasteiger partial charge is 0.367 e. The van der Waals surface area contributed by atoms with Crippen LogP contribution < -0.4 is 20.4 Å². The number of carbonyl (C=O) groups excluding carboxylic acids is 6. The molecule has 6 amide bonds. The topological polar surface area (TPSA) is 168 Å². The summed E-state index contributed by atoms with van der Waals surface area (Å²) < 4.78 is 71.8. The van der Waals surface area contributed by atoms with Gasteiger partial charge in [0.05, 0.1) is 33.6 Å². The van der Waals surface area contributed by atoms with Gasteiger partial charge in [0.2, 0.25) is 23.7 Å². The molecule has 1 aromatic heterocycles. The number of fused-ring (bicyclic) bond motifs is 1. The molecule has 8 rings (SSSR count). The number of carbonyl (C=O) groups is 6. The van der Waals surface area contributed by atoms with Crippen LogP contribution in [0.4, 0.5) is 39.3 Å². The van der Waals surface area contributed by atoms with Gasteiger partial charge in [-0.15, -0.1) is 0 Å². The molecule has 0 bridgehead atoms. The highest BCUT2D eigenvalue weighted by atomic mass is 19.4. The fraction of sp³-hybridized carbons (Fsp3) is 0.391. The first-order valence-corrected chi connectivity index (χ1v) is 21.6. The van der Waals surface area contributed by atoms with Crippen molar-refractivity contribution in [3.05, 3.63) is 100 Å². The average Bonchev–Trinajstić information content (AvgIpc) is 3.54. The number of halogens is 5. The third-order valence-electron chi connectivity index (χ3n) is 12.8. The number of piperazine rings is 2. The summed E-state index contributed by atoms with van der Waals surface area (Å²) in [4.78, 5) is 95.0. The standard InChI is InChI=1S/C46H46F5N9O6/c1-25-23-59(24-26(2)56(25)3)37-20-34(48)32(19-35(37)54-41(63)30-11-10-29(47)18-33(30)46(49,50)51)28-21-52-45(53-22-28)58-16-14-57(15-17-58)39(62)9-5-7-27-6-4-8-31-40(27)44(66)60(43(31)65)36-12-13-38(61)55-42(36)64/h4,6,8,10-11,18-22,25-26,36H,5,7,9,12-17,23-24H2,1-3H3,(H,54,63)(H,55,61,64)/t25-,26+,36?. The summed E-state index contributed by atoms with van der Waals surface area (Å²) in [5.74, 6) is -5.16. The third-order valence-corrected chi connectivity index (χ3v) is 12.8. The Balaban J connectivity index is 0.917. The van der Waals surface area contributed by atoms with Crippen LogP contribution in [-0.2, 0) is 27.0 Å². The molecule has 0 radical (unpaired) electrons. The van der Waals surface area contributed by atoms with Crippen LogP contribution in [0.1, 0.15) is 81.7 Å². The van der Waals surface area contributed by atoms with Crippen molar-refractivity contribution in [1.29, 1.82) is 0 Å². The molecule has 1 unspecified atom stereocenters. The number of piperidine rings is 1. The van der Waals surface area contributed by atoms with E-state index in [2.05, 4.69) is 25.5 Å². The van der Waals surface area contributed by atoms with Gasteiger partial charge in [-0.05, 0) is 82.1 Å². The molecule has 3 atom stereocenters. The van der Waals surface area contributed by atoms with Crippen molar-refractivity contribution in [2.75, 3.05) is 61.4 Å². The van der Waals surface area contributed by atoms with E-state index in [9.17, 15) is 46.3 Å². The lowest BCUT2D eigenvalue weighted by Crippen LogP contribution is -2.55. The van der Waals surface area contributed by atoms with Crippen molar-refractivity contribution >= 4 is 52.8 Å². The van der Waals surface area contributed by atoms with Crippen molar-refractivity contribution in [1.82, 2.24) is 30.0 Å². The number of aryl methyl sites for hydroxylation is 1. The lowest BCUT2D eigenvalue weighted by Gasteiger charge is -2.44. The van der Waals surface area contributed by atoms with Gasteiger partial charge in [0, 0.05) is 87.7 Å². The van der Waals surface area contributed by atoms with E-state index >= 15 is 4.39 Å². The minimum Gasteiger partial charge on any atom is -0.367 e. The van der Waals surface area contributed by atoms with E-state index in [1.165, 1.54) is 30.6 Å². The van der Waals surface area contributed by atoms with Crippen LogP contribution in [0, 0.1) is 11.6 Å². The van der Waals surface area contributed by atoms with E-state index in [0.29, 0.717) is 63.6 Å². The van der Waals surface area contributed by atoms with Crippen molar-refractivity contribution in [2.45, 2.75) is 70.3 Å². The number of hydrogen-bond acceptors (Lipinski definition) is 11. The lowest BCUT2D eigenvalue weighted by molar-refractivity contribution is -0.138. The fourth-order valence-electron chi connectivity index (χ4n) is 9.05. The van der Waals surface area contributed by atoms with Gasteiger partial charge in [0.15, 0.2) is 0 Å². The number of hydrogen-bond donors (Lipinski definition) is 2. The van der Waals surface area contributed by atoms with Crippen LogP contribution in [0.3, 0.4) is 0 Å². The number of amides is 6. The zero-order valence-corrected chi connectivity index (χ0v) is 36.3. The summed E-state index contributed by atoms with van der Waals surface area (Å²) in [5.41, 5.74) is -0.800. The predicted octanol–water partition coefficient (Wildman–Crippen LogP) is 5.29. The molecule has 3 aromatic carbocycles. The molecule has 2 N–H and O–H groups in total. The van der Waals surface area contributed by atoms with Crippen LogP contribution >= 0.6 is 0 Å². The van der Waals surface area contributed by atoms with E-state index in [1.807, 2.05) is 30.7 Å². The molecule has 4 aliphatic heterocycles. The Hall–Kier alpha value is -6.83. The first kappa shape index (κ1) is 45.7. The normalized spacial score (nSPS) is 20.5. The Bertz CT molecular complexity index is 2610. The number of likely N-dealkylation sites (N-methyl/N-ethyl adjacent to an activating group) is 1. The highest BCUT2D eigenvalue weighted by molar-refractivity contribution is 6.24. The van der Waals surface area contributed by atoms with Crippen molar-refractivity contribution in [2.24, 2.45) is 0 Å². The molecule has 20 heteroatoms. The number of benzene rings is 3. The van der Waals surface area contributed by atoms with Crippen molar-refractivity contribution < 1.29 is 50.7 Å². The summed E-state index contributed by atoms with van der Waals surface area (Å²) >= 11 is 0. The van der Waals surface area contributed by atoms with E-state index in [-0.39, 0.29) is 76.9 Å². The summed E-state index contributed by atoms with van der Waals surface area (Å²) in [7, 11) is 1.95. The van der Waals surface area contributed by atoms with Gasteiger partial charge in [-0.25, -0.2) is 18.7 Å². The van der Waals surface area contributed by atoms with Crippen LogP contribution in [0.15, 0.2) is 60.9 Å². The number of imide groups is 2. The molecule has 15 nitrogen and oxygen atoms in total. The highest BCUT2D eigenvalue weighted by Crippen LogP contribution is 2.38. The van der Waals surface area contributed by atoms with Crippen molar-refractivity contribution in [3.63, 3.8) is 0 Å². The summed E-state index contributed by atoms with van der Waals surface area (Å²) in [6.07, 6.45) is -1.30. The quantitative estimate of drug-likeness (QED) is 0.157. The molecule has 4 aromatic rings. The zero-order valence-electron chi connectivity index (χ0n) is 36.3. The van der Waals surface area contributed by atoms with Gasteiger partial charge < -0.3 is 20.0 Å². The predicted molar refractivity (Wildman–Crippen MR) is 231 cm³/mol.